The number of nitrogens with zero attached hydrogens (tertiary/aromatic N) is 4. The SMILES string of the molecule is CN(C)C(=NCc1ccccc1)NCCC(O)(c1nccn1C)C(F)(F)F. The summed E-state index contributed by atoms with van der Waals surface area (Å²) < 4.78 is 41.8. The number of rotatable bonds is 6. The lowest BCUT2D eigenvalue weighted by molar-refractivity contribution is -0.272. The topological polar surface area (TPSA) is 65.7 Å². The molecule has 0 saturated carbocycles. The van der Waals surface area contributed by atoms with E-state index in [-0.39, 0.29) is 6.54 Å². The quantitative estimate of drug-likeness (QED) is 0.593. The minimum absolute atomic E-state index is 0.130. The molecule has 0 spiro atoms. The molecule has 2 N–H and O–H groups in total. The smallest absolute Gasteiger partial charge is 0.374 e. The molecule has 0 amide bonds. The molecule has 2 rings (SSSR count). The maximum absolute atomic E-state index is 13.5. The van der Waals surface area contributed by atoms with Crippen LogP contribution in [0.5, 0.6) is 0 Å². The van der Waals surface area contributed by atoms with Gasteiger partial charge >= 0.3 is 6.18 Å². The summed E-state index contributed by atoms with van der Waals surface area (Å²) in [5.74, 6) is -0.00681. The number of nitrogens with one attached hydrogen (secondary N) is 1. The molecular weight excluding hydrogens is 359 g/mol. The van der Waals surface area contributed by atoms with Gasteiger partial charge in [-0.25, -0.2) is 9.98 Å². The molecule has 0 aliphatic rings. The number of aromatic nitrogens is 2. The number of aryl methyl sites for hydroxylation is 1. The van der Waals surface area contributed by atoms with Crippen molar-refractivity contribution in [3.63, 3.8) is 0 Å². The number of guanidine groups is 1. The lowest BCUT2D eigenvalue weighted by Crippen LogP contribution is -2.47. The van der Waals surface area contributed by atoms with Crippen LogP contribution < -0.4 is 5.32 Å². The van der Waals surface area contributed by atoms with Crippen LogP contribution in [0.25, 0.3) is 0 Å². The predicted molar refractivity (Wildman–Crippen MR) is 97.0 cm³/mol. The normalized spacial score (nSPS) is 14.7. The molecule has 1 atom stereocenters. The zero-order valence-electron chi connectivity index (χ0n) is 15.5. The summed E-state index contributed by atoms with van der Waals surface area (Å²) in [7, 11) is 4.90. The van der Waals surface area contributed by atoms with Gasteiger partial charge in [-0.1, -0.05) is 30.3 Å². The number of aliphatic hydroxyl groups is 1. The largest absolute Gasteiger partial charge is 0.424 e. The van der Waals surface area contributed by atoms with E-state index in [1.165, 1.54) is 24.0 Å². The van der Waals surface area contributed by atoms with E-state index in [9.17, 15) is 18.3 Å². The van der Waals surface area contributed by atoms with Crippen LogP contribution in [0, 0.1) is 0 Å². The minimum Gasteiger partial charge on any atom is -0.374 e. The summed E-state index contributed by atoms with van der Waals surface area (Å²) >= 11 is 0. The summed E-state index contributed by atoms with van der Waals surface area (Å²) in [6, 6.07) is 9.52. The van der Waals surface area contributed by atoms with E-state index in [1.54, 1.807) is 19.0 Å². The van der Waals surface area contributed by atoms with E-state index in [0.717, 1.165) is 5.56 Å². The molecular formula is C18H24F3N5O. The Morgan fingerprint density at radius 2 is 1.93 bits per heavy atom. The third-order valence-corrected chi connectivity index (χ3v) is 4.11. The first-order chi connectivity index (χ1) is 12.6. The Morgan fingerprint density at radius 3 is 2.44 bits per heavy atom. The van der Waals surface area contributed by atoms with Crippen LogP contribution in [0.3, 0.4) is 0 Å². The third kappa shape index (κ3) is 5.00. The summed E-state index contributed by atoms with van der Waals surface area (Å²) in [4.78, 5) is 9.77. The monoisotopic (exact) mass is 383 g/mol. The predicted octanol–water partition coefficient (Wildman–Crippen LogP) is 2.27. The van der Waals surface area contributed by atoms with Gasteiger partial charge in [0.15, 0.2) is 5.96 Å². The second kappa shape index (κ2) is 8.43. The first-order valence-electron chi connectivity index (χ1n) is 8.41. The van der Waals surface area contributed by atoms with Crippen molar-refractivity contribution in [1.82, 2.24) is 19.8 Å². The van der Waals surface area contributed by atoms with Crippen LogP contribution in [0.1, 0.15) is 17.8 Å². The van der Waals surface area contributed by atoms with Gasteiger partial charge in [-0.3, -0.25) is 0 Å². The summed E-state index contributed by atoms with van der Waals surface area (Å²) in [6.07, 6.45) is -2.86. The molecule has 1 aromatic heterocycles. The fourth-order valence-corrected chi connectivity index (χ4v) is 2.60. The standard InChI is InChI=1S/C18H24F3N5O/c1-25(2)16(24-13-14-7-5-4-6-8-14)23-10-9-17(27,18(19,20)21)15-22-11-12-26(15)3/h4-8,11-12,27H,9-10,13H2,1-3H3,(H,23,24). The number of hydrogen-bond acceptors (Lipinski definition) is 3. The molecule has 148 valence electrons. The lowest BCUT2D eigenvalue weighted by Gasteiger charge is -2.30. The van der Waals surface area contributed by atoms with Gasteiger partial charge in [0.05, 0.1) is 6.54 Å². The van der Waals surface area contributed by atoms with Crippen LogP contribution in [-0.4, -0.2) is 52.3 Å². The maximum atomic E-state index is 13.5. The molecule has 0 aliphatic carbocycles. The first-order valence-corrected chi connectivity index (χ1v) is 8.41. The zero-order chi connectivity index (χ0) is 20.1. The number of halogens is 3. The molecule has 1 aromatic carbocycles. The molecule has 0 bridgehead atoms. The van der Waals surface area contributed by atoms with Gasteiger partial charge in [-0.2, -0.15) is 13.2 Å². The van der Waals surface area contributed by atoms with Gasteiger partial charge in [-0.15, -0.1) is 0 Å². The highest BCUT2D eigenvalue weighted by molar-refractivity contribution is 5.79. The Hall–Kier alpha value is -2.55. The van der Waals surface area contributed by atoms with Crippen LogP contribution in [0.4, 0.5) is 13.2 Å². The molecule has 0 radical (unpaired) electrons. The average molecular weight is 383 g/mol. The van der Waals surface area contributed by atoms with Gasteiger partial charge in [0.1, 0.15) is 5.82 Å². The third-order valence-electron chi connectivity index (χ3n) is 4.11. The molecule has 9 heteroatoms. The molecule has 6 nitrogen and oxygen atoms in total. The Balaban J connectivity index is 2.08. The summed E-state index contributed by atoms with van der Waals surface area (Å²) in [5.41, 5.74) is -2.06. The summed E-state index contributed by atoms with van der Waals surface area (Å²) in [6.45, 7) is 0.263. The lowest BCUT2D eigenvalue weighted by atomic mass is 9.97. The fourth-order valence-electron chi connectivity index (χ4n) is 2.60. The van der Waals surface area contributed by atoms with E-state index in [4.69, 9.17) is 0 Å². The van der Waals surface area contributed by atoms with E-state index < -0.39 is 24.0 Å². The highest BCUT2D eigenvalue weighted by Gasteiger charge is 2.57. The Kier molecular flexibility index (Phi) is 6.48. The molecule has 1 heterocycles. The number of imidazole rings is 1. The van der Waals surface area contributed by atoms with Crippen molar-refractivity contribution < 1.29 is 18.3 Å². The van der Waals surface area contributed by atoms with Crippen molar-refractivity contribution >= 4 is 5.96 Å². The Morgan fingerprint density at radius 1 is 1.26 bits per heavy atom. The molecule has 0 fully saturated rings. The molecule has 0 saturated heterocycles. The Labute approximate surface area is 156 Å². The molecule has 2 aromatic rings. The number of benzene rings is 1. The number of alkyl halides is 3. The Bertz CT molecular complexity index is 758. The van der Waals surface area contributed by atoms with Gasteiger partial charge < -0.3 is 19.9 Å². The van der Waals surface area contributed by atoms with Crippen LogP contribution in [0.2, 0.25) is 0 Å². The van der Waals surface area contributed by atoms with Crippen molar-refractivity contribution in [2.75, 3.05) is 20.6 Å². The van der Waals surface area contributed by atoms with E-state index in [0.29, 0.717) is 12.5 Å². The summed E-state index contributed by atoms with van der Waals surface area (Å²) in [5, 5.41) is 13.2. The molecule has 27 heavy (non-hydrogen) atoms. The van der Waals surface area contributed by atoms with Gasteiger partial charge in [0.2, 0.25) is 5.60 Å². The number of hydrogen-bond donors (Lipinski definition) is 2. The van der Waals surface area contributed by atoms with Crippen LogP contribution in [-0.2, 0) is 19.2 Å². The average Bonchev–Trinajstić information content (AvgIpc) is 3.03. The van der Waals surface area contributed by atoms with Crippen molar-refractivity contribution in [3.05, 3.63) is 54.1 Å². The van der Waals surface area contributed by atoms with Gasteiger partial charge in [0.25, 0.3) is 0 Å². The molecule has 1 unspecified atom stereocenters. The fraction of sp³-hybridized carbons (Fsp3) is 0.444. The number of aliphatic imine (C=N–C) groups is 1. The molecule has 0 aliphatic heterocycles. The van der Waals surface area contributed by atoms with E-state index in [1.807, 2.05) is 30.3 Å². The maximum Gasteiger partial charge on any atom is 0.424 e. The van der Waals surface area contributed by atoms with E-state index >= 15 is 0 Å². The second-order valence-corrected chi connectivity index (χ2v) is 6.42. The van der Waals surface area contributed by atoms with Crippen LogP contribution >= 0.6 is 0 Å². The first kappa shape index (κ1) is 20.8. The van der Waals surface area contributed by atoms with Crippen LogP contribution in [0.15, 0.2) is 47.7 Å². The van der Waals surface area contributed by atoms with Gasteiger partial charge in [-0.05, 0) is 5.56 Å². The van der Waals surface area contributed by atoms with E-state index in [2.05, 4.69) is 15.3 Å². The highest BCUT2D eigenvalue weighted by Crippen LogP contribution is 2.40. The van der Waals surface area contributed by atoms with Crippen molar-refractivity contribution in [2.24, 2.45) is 12.0 Å². The zero-order valence-corrected chi connectivity index (χ0v) is 15.5. The van der Waals surface area contributed by atoms with Crippen molar-refractivity contribution in [3.8, 4) is 0 Å². The minimum atomic E-state index is -4.85. The van der Waals surface area contributed by atoms with Gasteiger partial charge in [0, 0.05) is 46.5 Å². The van der Waals surface area contributed by atoms with Crippen molar-refractivity contribution in [1.29, 1.82) is 0 Å². The second-order valence-electron chi connectivity index (χ2n) is 6.42. The highest BCUT2D eigenvalue weighted by atomic mass is 19.4. The van der Waals surface area contributed by atoms with Crippen molar-refractivity contribution in [2.45, 2.75) is 24.7 Å².